The molecule has 4 aromatic rings. The first-order chi connectivity index (χ1) is 24.5. The van der Waals surface area contributed by atoms with Crippen molar-refractivity contribution in [1.82, 2.24) is 25.9 Å². The van der Waals surface area contributed by atoms with Gasteiger partial charge < -0.3 is 32.0 Å². The molecule has 0 radical (unpaired) electrons. The lowest BCUT2D eigenvalue weighted by molar-refractivity contribution is -0.144. The van der Waals surface area contributed by atoms with E-state index >= 15 is 0 Å². The maximum atomic E-state index is 13.7. The summed E-state index contributed by atoms with van der Waals surface area (Å²) < 4.78 is 39.6. The molecule has 14 heteroatoms. The normalized spacial score (nSPS) is 18.6. The van der Waals surface area contributed by atoms with Crippen LogP contribution in [0.25, 0.3) is 22.2 Å². The Hall–Kier alpha value is -4.46. The zero-order valence-electron chi connectivity index (χ0n) is 28.9. The Labute approximate surface area is 306 Å². The fraction of sp³-hybridized carbons (Fsp3) is 0.421. The number of carbonyl (C=O) groups is 3. The van der Waals surface area contributed by atoms with E-state index in [-0.39, 0.29) is 59.3 Å². The second-order valence-corrected chi connectivity index (χ2v) is 13.7. The summed E-state index contributed by atoms with van der Waals surface area (Å²) in [6.45, 7) is 4.33. The van der Waals surface area contributed by atoms with Crippen molar-refractivity contribution in [3.05, 3.63) is 83.2 Å². The summed E-state index contributed by atoms with van der Waals surface area (Å²) >= 11 is 0. The van der Waals surface area contributed by atoms with Crippen LogP contribution < -0.4 is 27.0 Å². The zero-order valence-corrected chi connectivity index (χ0v) is 29.8. The summed E-state index contributed by atoms with van der Waals surface area (Å²) in [5.41, 5.74) is 10.6. The highest BCUT2D eigenvalue weighted by atomic mass is 35.5. The van der Waals surface area contributed by atoms with E-state index < -0.39 is 23.9 Å². The second-order valence-electron chi connectivity index (χ2n) is 13.7. The third-order valence-electron chi connectivity index (χ3n) is 10.1. The van der Waals surface area contributed by atoms with E-state index in [0.29, 0.717) is 30.9 Å². The van der Waals surface area contributed by atoms with Crippen LogP contribution in [0.15, 0.2) is 60.7 Å². The Morgan fingerprint density at radius 2 is 1.65 bits per heavy atom. The fourth-order valence-electron chi connectivity index (χ4n) is 7.03. The topological polar surface area (TPSA) is 154 Å². The van der Waals surface area contributed by atoms with Crippen LogP contribution in [0.1, 0.15) is 65.8 Å². The number of hydrogen-bond acceptors (Lipinski definition) is 6. The van der Waals surface area contributed by atoms with Gasteiger partial charge in [0, 0.05) is 29.6 Å². The summed E-state index contributed by atoms with van der Waals surface area (Å²) in [6.07, 6.45) is 0.436. The lowest BCUT2D eigenvalue weighted by atomic mass is 9.81. The Morgan fingerprint density at radius 3 is 2.31 bits per heavy atom. The maximum Gasteiger partial charge on any atom is 0.449 e. The molecule has 7 N–H and O–H groups in total. The largest absolute Gasteiger partial charge is 0.449 e. The average molecular weight is 740 g/mol. The Balaban J connectivity index is 0.00000523. The number of hydrogen-bond donors (Lipinski definition) is 6. The number of nitrogens with one attached hydrogen (secondary N) is 5. The molecule has 1 aliphatic carbocycles. The highest BCUT2D eigenvalue weighted by Crippen LogP contribution is 2.31. The number of aryl methyl sites for hydroxylation is 1. The Morgan fingerprint density at radius 1 is 0.942 bits per heavy atom. The number of H-pyrrole nitrogens is 1. The maximum absolute atomic E-state index is 13.7. The quantitative estimate of drug-likeness (QED) is 0.119. The van der Waals surface area contributed by atoms with Crippen molar-refractivity contribution in [2.45, 2.75) is 70.1 Å². The van der Waals surface area contributed by atoms with Crippen LogP contribution in [0.5, 0.6) is 0 Å². The molecule has 0 bridgehead atoms. The molecule has 6 rings (SSSR count). The van der Waals surface area contributed by atoms with Crippen LogP contribution in [0.4, 0.5) is 18.9 Å². The van der Waals surface area contributed by atoms with E-state index in [1.54, 1.807) is 0 Å². The molecule has 1 atom stereocenters. The van der Waals surface area contributed by atoms with Gasteiger partial charge in [-0.05, 0) is 124 Å². The Bertz CT molecular complexity index is 1870. The lowest BCUT2D eigenvalue weighted by Crippen LogP contribution is -2.48. The molecular formula is C38H45ClF3N7O3. The number of rotatable bonds is 10. The molecular weight excluding hydrogens is 695 g/mol. The molecule has 10 nitrogen and oxygen atoms in total. The minimum atomic E-state index is -4.64. The number of fused-ring (bicyclic) bond motifs is 1. The molecule has 3 aromatic carbocycles. The minimum absolute atomic E-state index is 0. The van der Waals surface area contributed by atoms with Crippen molar-refractivity contribution in [2.75, 3.05) is 25.0 Å². The van der Waals surface area contributed by atoms with Crippen LogP contribution in [-0.2, 0) is 22.2 Å². The van der Waals surface area contributed by atoms with Gasteiger partial charge in [0.2, 0.25) is 17.6 Å². The molecule has 1 saturated heterocycles. The fourth-order valence-corrected chi connectivity index (χ4v) is 7.03. The van der Waals surface area contributed by atoms with Gasteiger partial charge >= 0.3 is 6.18 Å². The molecule has 1 aromatic heterocycles. The van der Waals surface area contributed by atoms with Crippen molar-refractivity contribution in [2.24, 2.45) is 17.6 Å². The van der Waals surface area contributed by atoms with Crippen LogP contribution >= 0.6 is 12.4 Å². The van der Waals surface area contributed by atoms with Crippen LogP contribution in [0.3, 0.4) is 0 Å². The predicted molar refractivity (Wildman–Crippen MR) is 197 cm³/mol. The minimum Gasteiger partial charge on any atom is -0.349 e. The predicted octanol–water partition coefficient (Wildman–Crippen LogP) is 5.89. The van der Waals surface area contributed by atoms with Gasteiger partial charge in [0.25, 0.3) is 5.91 Å². The van der Waals surface area contributed by atoms with Gasteiger partial charge in [0.1, 0.15) is 6.04 Å². The lowest BCUT2D eigenvalue weighted by Gasteiger charge is -2.28. The average Bonchev–Trinajstić information content (AvgIpc) is 3.57. The van der Waals surface area contributed by atoms with Crippen LogP contribution in [0, 0.1) is 18.8 Å². The van der Waals surface area contributed by atoms with E-state index in [2.05, 4.69) is 31.2 Å². The van der Waals surface area contributed by atoms with Crippen molar-refractivity contribution < 1.29 is 27.6 Å². The number of carbonyl (C=O) groups excluding carboxylic acids is 3. The summed E-state index contributed by atoms with van der Waals surface area (Å²) in [7, 11) is 0. The highest BCUT2D eigenvalue weighted by molar-refractivity contribution is 5.99. The number of nitrogens with two attached hydrogens (primary N) is 1. The van der Waals surface area contributed by atoms with Gasteiger partial charge in [-0.25, -0.2) is 4.98 Å². The zero-order chi connectivity index (χ0) is 36.1. The molecule has 1 aliphatic heterocycles. The number of halogens is 4. The number of nitrogens with zero attached hydrogens (tertiary/aromatic N) is 1. The van der Waals surface area contributed by atoms with E-state index in [4.69, 9.17) is 5.73 Å². The number of anilines is 1. The third kappa shape index (κ3) is 9.50. The molecule has 2 fully saturated rings. The van der Waals surface area contributed by atoms with E-state index in [1.807, 2.05) is 49.4 Å². The van der Waals surface area contributed by atoms with Gasteiger partial charge in [-0.2, -0.15) is 13.2 Å². The van der Waals surface area contributed by atoms with Gasteiger partial charge in [0.05, 0.1) is 11.0 Å². The molecule has 1 saturated carbocycles. The van der Waals surface area contributed by atoms with Crippen molar-refractivity contribution in [3.8, 4) is 11.1 Å². The number of benzene rings is 3. The number of amides is 3. The molecule has 0 spiro atoms. The molecule has 0 unspecified atom stereocenters. The summed E-state index contributed by atoms with van der Waals surface area (Å²) in [4.78, 5) is 45.8. The molecule has 278 valence electrons. The van der Waals surface area contributed by atoms with Crippen molar-refractivity contribution in [3.63, 3.8) is 0 Å². The van der Waals surface area contributed by atoms with Gasteiger partial charge in [-0.15, -0.1) is 12.4 Å². The first-order valence-corrected chi connectivity index (χ1v) is 17.6. The number of aromatic nitrogens is 2. The van der Waals surface area contributed by atoms with E-state index in [0.717, 1.165) is 61.0 Å². The van der Waals surface area contributed by atoms with Crippen molar-refractivity contribution >= 4 is 46.8 Å². The SMILES string of the molecule is Cc1cc(C(=O)NC2CCNCC2)ccc1-c1ccc(C[C@H](NC(=O)[C@H]2CC[C@H](CN)CC2)C(=O)Nc2ccc3nc(C(F)(F)F)[nH]c3c2)cc1.Cl. The number of alkyl halides is 3. The summed E-state index contributed by atoms with van der Waals surface area (Å²) in [5, 5.41) is 12.2. The Kier molecular flexibility index (Phi) is 12.6. The van der Waals surface area contributed by atoms with Crippen LogP contribution in [0.2, 0.25) is 0 Å². The van der Waals surface area contributed by atoms with Crippen LogP contribution in [-0.4, -0.2) is 59.4 Å². The van der Waals surface area contributed by atoms with Crippen molar-refractivity contribution in [1.29, 1.82) is 0 Å². The van der Waals surface area contributed by atoms with E-state index in [1.165, 1.54) is 18.2 Å². The summed E-state index contributed by atoms with van der Waals surface area (Å²) in [6, 6.07) is 16.8. The smallest absolute Gasteiger partial charge is 0.349 e. The second kappa shape index (κ2) is 16.9. The number of piperidine rings is 1. The monoisotopic (exact) mass is 739 g/mol. The molecule has 2 heterocycles. The van der Waals surface area contributed by atoms with Gasteiger partial charge in [0.15, 0.2) is 0 Å². The molecule has 3 amide bonds. The van der Waals surface area contributed by atoms with Gasteiger partial charge in [-0.3, -0.25) is 14.4 Å². The molecule has 2 aliphatic rings. The summed E-state index contributed by atoms with van der Waals surface area (Å²) in [5.74, 6) is -1.75. The first-order valence-electron chi connectivity index (χ1n) is 17.6. The number of imidazole rings is 1. The van der Waals surface area contributed by atoms with E-state index in [9.17, 15) is 27.6 Å². The van der Waals surface area contributed by atoms with Gasteiger partial charge in [-0.1, -0.05) is 30.3 Å². The third-order valence-corrected chi connectivity index (χ3v) is 10.1. The molecule has 52 heavy (non-hydrogen) atoms. The number of aromatic amines is 1. The standard InChI is InChI=1S/C38H44F3N7O3.ClH/c1-22-18-27(35(50)44-28-14-16-43-17-15-28)10-12-30(22)25-6-2-23(3-7-25)19-33(46-34(49)26-8-4-24(21-42)5-9-26)36(51)45-29-11-13-31-32(20-29)48-37(47-31)38(39,40)41;/h2-3,6-7,10-13,18,20,24,26,28,33,43H,4-5,8-9,14-17,19,21,42H2,1H3,(H,44,50)(H,45,51)(H,46,49)(H,47,48);1H/t24-,26-,33-;/m0./s1. The highest BCUT2D eigenvalue weighted by Gasteiger charge is 2.35. The first kappa shape index (κ1) is 38.8.